The van der Waals surface area contributed by atoms with Crippen molar-refractivity contribution in [1.29, 1.82) is 0 Å². The molecule has 1 unspecified atom stereocenters. The summed E-state index contributed by atoms with van der Waals surface area (Å²) in [6, 6.07) is -0.963. The molecule has 0 bridgehead atoms. The second-order valence-electron chi connectivity index (χ2n) is 2.43. The summed E-state index contributed by atoms with van der Waals surface area (Å²) in [5.74, 6) is -1.25. The van der Waals surface area contributed by atoms with Crippen LogP contribution in [0.25, 0.3) is 0 Å². The van der Waals surface area contributed by atoms with Gasteiger partial charge in [0.25, 0.3) is 0 Å². The molecule has 0 aliphatic carbocycles. The molecule has 19 heavy (non-hydrogen) atoms. The molecule has 12 nitrogen and oxygen atoms in total. The Bertz CT molecular complexity index is 318. The Labute approximate surface area is 118 Å². The van der Waals surface area contributed by atoms with Crippen LogP contribution in [0.3, 0.4) is 0 Å². The van der Waals surface area contributed by atoms with Crippen molar-refractivity contribution in [2.75, 3.05) is 0 Å². The first-order valence-electron chi connectivity index (χ1n) is 3.68. The van der Waals surface area contributed by atoms with E-state index in [1.165, 1.54) is 12.5 Å². The standard InChI is InChI=1S/C6H9N3O2.Co.NO3.3H3N/c7-5(6(10)11)1-4-2-8-3-9-4;;2-1(3)4;;;/h2-3,5H,1,7H2,(H,8,9)(H,10,11);;;3*1H3/q;+3;-1;;;/p-1. The fourth-order valence-corrected chi connectivity index (χ4v) is 0.717. The van der Waals surface area contributed by atoms with Gasteiger partial charge in [-0.1, -0.05) is 0 Å². The Morgan fingerprint density at radius 1 is 1.42 bits per heavy atom. The van der Waals surface area contributed by atoms with Crippen molar-refractivity contribution >= 4 is 5.97 Å². The van der Waals surface area contributed by atoms with Gasteiger partial charge in [-0.25, -0.2) is 4.98 Å². The van der Waals surface area contributed by atoms with Gasteiger partial charge in [0, 0.05) is 24.4 Å². The molecule has 13 heteroatoms. The van der Waals surface area contributed by atoms with Gasteiger partial charge in [0.05, 0.1) is 17.4 Å². The van der Waals surface area contributed by atoms with E-state index in [0.29, 0.717) is 5.69 Å². The number of rotatable bonds is 3. The molecule has 1 aromatic heterocycles. The molecule has 1 heterocycles. The molecule has 1 aromatic rings. The first-order valence-corrected chi connectivity index (χ1v) is 3.68. The predicted octanol–water partition coefficient (Wildman–Crippen LogP) is -1.73. The van der Waals surface area contributed by atoms with Gasteiger partial charge in [-0.05, 0) is 0 Å². The average Bonchev–Trinajstić information content (AvgIpc) is 2.55. The Morgan fingerprint density at radius 2 is 1.84 bits per heavy atom. The van der Waals surface area contributed by atoms with E-state index < -0.39 is 17.1 Å². The minimum Gasteiger partial charge on any atom is -0.548 e. The molecular formula is C6H17CoN7O5+. The number of carbonyl (C=O) groups excluding carboxylic acids is 1. The van der Waals surface area contributed by atoms with Crippen molar-refractivity contribution in [3.05, 3.63) is 33.5 Å². The number of nitrogens with one attached hydrogen (secondary N) is 1. The molecule has 0 saturated carbocycles. The van der Waals surface area contributed by atoms with Crippen molar-refractivity contribution in [2.24, 2.45) is 5.73 Å². The quantitative estimate of drug-likeness (QED) is 0.309. The molecule has 12 N–H and O–H groups in total. The van der Waals surface area contributed by atoms with Crippen LogP contribution in [0, 0.1) is 15.3 Å². The summed E-state index contributed by atoms with van der Waals surface area (Å²) >= 11 is 0. The third-order valence-corrected chi connectivity index (χ3v) is 1.30. The first-order chi connectivity index (χ1) is 6.93. The Morgan fingerprint density at radius 3 is 2.11 bits per heavy atom. The average molecular weight is 326 g/mol. The van der Waals surface area contributed by atoms with Crippen LogP contribution in [0.5, 0.6) is 0 Å². The normalized spacial score (nSPS) is 8.68. The second kappa shape index (κ2) is 16.2. The van der Waals surface area contributed by atoms with Crippen LogP contribution < -0.4 is 29.3 Å². The molecule has 0 amide bonds. The van der Waals surface area contributed by atoms with Crippen molar-refractivity contribution in [2.45, 2.75) is 12.5 Å². The summed E-state index contributed by atoms with van der Waals surface area (Å²) in [7, 11) is 0. The Kier molecular flexibility index (Phi) is 25.9. The van der Waals surface area contributed by atoms with E-state index >= 15 is 0 Å². The summed E-state index contributed by atoms with van der Waals surface area (Å²) in [5.41, 5.74) is 5.89. The van der Waals surface area contributed by atoms with Crippen molar-refractivity contribution in [1.82, 2.24) is 28.4 Å². The Balaban J connectivity index is -0.0000000735. The fourth-order valence-electron chi connectivity index (χ4n) is 0.717. The summed E-state index contributed by atoms with van der Waals surface area (Å²) in [6.45, 7) is 0. The number of carboxylic acids is 1. The van der Waals surface area contributed by atoms with E-state index in [0.717, 1.165) is 0 Å². The van der Waals surface area contributed by atoms with Crippen molar-refractivity contribution in [3.63, 3.8) is 0 Å². The second-order valence-corrected chi connectivity index (χ2v) is 2.43. The SMILES string of the molecule is N.N.N.NC(Cc1cnc[nH]1)C(=O)[O-].O=[N+]([O-])[O-].[Co+3]. The molecular weight excluding hydrogens is 309 g/mol. The van der Waals surface area contributed by atoms with Gasteiger partial charge < -0.3 is 54.4 Å². The fraction of sp³-hybridized carbons (Fsp3) is 0.333. The van der Waals surface area contributed by atoms with Crippen LogP contribution in [0.4, 0.5) is 0 Å². The number of hydrogen-bond acceptors (Lipinski definition) is 10. The number of carbonyl (C=O) groups is 1. The minimum atomic E-state index is -1.75. The van der Waals surface area contributed by atoms with Gasteiger partial charge in [-0.3, -0.25) is 0 Å². The monoisotopic (exact) mass is 326 g/mol. The van der Waals surface area contributed by atoms with E-state index in [4.69, 9.17) is 21.1 Å². The van der Waals surface area contributed by atoms with Gasteiger partial charge in [-0.15, -0.1) is 0 Å². The van der Waals surface area contributed by atoms with Crippen LogP contribution in [0.2, 0.25) is 0 Å². The maximum atomic E-state index is 10.2. The minimum absolute atomic E-state index is 0. The van der Waals surface area contributed by atoms with Crippen LogP contribution >= 0.6 is 0 Å². The molecule has 0 radical (unpaired) electrons. The number of nitrogens with zero attached hydrogens (tertiary/aromatic N) is 2. The molecule has 114 valence electrons. The van der Waals surface area contributed by atoms with Crippen LogP contribution in [0.1, 0.15) is 5.69 Å². The zero-order valence-electron chi connectivity index (χ0n) is 9.91. The van der Waals surface area contributed by atoms with Gasteiger partial charge in [-0.2, -0.15) is 0 Å². The van der Waals surface area contributed by atoms with Crippen LogP contribution in [-0.4, -0.2) is 27.1 Å². The molecule has 0 saturated heterocycles. The van der Waals surface area contributed by atoms with E-state index in [1.54, 1.807) is 0 Å². The van der Waals surface area contributed by atoms with E-state index in [9.17, 15) is 9.90 Å². The Hall–Kier alpha value is -1.77. The van der Waals surface area contributed by atoms with Gasteiger partial charge >= 0.3 is 16.8 Å². The summed E-state index contributed by atoms with van der Waals surface area (Å²) in [6.07, 6.45) is 3.22. The topological polar surface area (TPSA) is 266 Å². The van der Waals surface area contributed by atoms with Crippen molar-refractivity contribution in [3.8, 4) is 0 Å². The predicted molar refractivity (Wildman–Crippen MR) is 60.7 cm³/mol. The van der Waals surface area contributed by atoms with Crippen LogP contribution in [0.15, 0.2) is 12.5 Å². The number of hydrogen-bond donors (Lipinski definition) is 5. The first kappa shape index (κ1) is 30.3. The van der Waals surface area contributed by atoms with E-state index in [1.807, 2.05) is 0 Å². The molecule has 0 fully saturated rings. The van der Waals surface area contributed by atoms with Crippen LogP contribution in [-0.2, 0) is 28.0 Å². The molecule has 1 atom stereocenters. The van der Waals surface area contributed by atoms with Gasteiger partial charge in [0.2, 0.25) is 0 Å². The number of aliphatic carboxylic acids is 1. The van der Waals surface area contributed by atoms with E-state index in [2.05, 4.69) is 9.97 Å². The summed E-state index contributed by atoms with van der Waals surface area (Å²) < 4.78 is 0. The number of aromatic nitrogens is 2. The number of carboxylic acid groups (broad SMARTS) is 1. The molecule has 0 aliphatic heterocycles. The number of aromatic amines is 1. The largest absolute Gasteiger partial charge is 3.00 e. The summed E-state index contributed by atoms with van der Waals surface area (Å²) in [4.78, 5) is 24.9. The molecule has 0 aliphatic rings. The maximum absolute atomic E-state index is 10.2. The van der Waals surface area contributed by atoms with Gasteiger partial charge in [0.1, 0.15) is 0 Å². The number of imidazole rings is 1. The smallest absolute Gasteiger partial charge is 0.548 e. The zero-order valence-corrected chi connectivity index (χ0v) is 10.9. The summed E-state index contributed by atoms with van der Waals surface area (Å²) in [5, 5.41) is 24.9. The maximum Gasteiger partial charge on any atom is 3.00 e. The number of nitrogens with two attached hydrogens (primary N) is 1. The molecule has 0 spiro atoms. The third-order valence-electron chi connectivity index (χ3n) is 1.30. The number of H-pyrrole nitrogens is 1. The van der Waals surface area contributed by atoms with Crippen molar-refractivity contribution < 1.29 is 31.8 Å². The molecule has 1 rings (SSSR count). The zero-order chi connectivity index (χ0) is 11.8. The third kappa shape index (κ3) is 18.8. The van der Waals surface area contributed by atoms with E-state index in [-0.39, 0.29) is 41.7 Å². The molecule has 0 aromatic carbocycles. The van der Waals surface area contributed by atoms with Gasteiger partial charge in [0.15, 0.2) is 0 Å².